The number of nitrogens with zero attached hydrogens (tertiary/aromatic N) is 2. The third kappa shape index (κ3) is 2.77. The summed E-state index contributed by atoms with van der Waals surface area (Å²) >= 11 is 11.8. The zero-order valence-corrected chi connectivity index (χ0v) is 11.8. The van der Waals surface area contributed by atoms with E-state index < -0.39 is 0 Å². The van der Waals surface area contributed by atoms with E-state index >= 15 is 0 Å². The van der Waals surface area contributed by atoms with Crippen molar-refractivity contribution < 1.29 is 0 Å². The molecule has 18 heavy (non-hydrogen) atoms. The van der Waals surface area contributed by atoms with Gasteiger partial charge in [0, 0.05) is 12.7 Å². The molecule has 0 bridgehead atoms. The predicted octanol–water partition coefficient (Wildman–Crippen LogP) is 4.55. The Morgan fingerprint density at radius 2 is 2.00 bits per heavy atom. The molecule has 0 aliphatic heterocycles. The first kappa shape index (κ1) is 13.2. The number of pyridine rings is 1. The smallest absolute Gasteiger partial charge is 0.133 e. The van der Waals surface area contributed by atoms with Crippen LogP contribution in [0.1, 0.15) is 11.3 Å². The molecule has 1 aromatic heterocycles. The van der Waals surface area contributed by atoms with Crippen LogP contribution in [0.3, 0.4) is 0 Å². The Labute approximate surface area is 117 Å². The van der Waals surface area contributed by atoms with E-state index in [1.807, 2.05) is 36.2 Å². The van der Waals surface area contributed by atoms with Gasteiger partial charge >= 0.3 is 0 Å². The first-order valence-corrected chi connectivity index (χ1v) is 6.55. The standard InChI is InChI=1S/C14H14Cl2N2/c1-10-4-3-5-11(8-10)18(2)14-7-6-12(16)13(9-15)17-14/h3-8H,9H2,1-2H3. The topological polar surface area (TPSA) is 16.1 Å². The molecule has 2 nitrogen and oxygen atoms in total. The zero-order valence-electron chi connectivity index (χ0n) is 10.3. The van der Waals surface area contributed by atoms with Gasteiger partial charge < -0.3 is 4.90 Å². The maximum Gasteiger partial charge on any atom is 0.133 e. The Bertz CT molecular complexity index is 555. The molecule has 0 atom stereocenters. The van der Waals surface area contributed by atoms with E-state index in [1.54, 1.807) is 0 Å². The lowest BCUT2D eigenvalue weighted by Crippen LogP contribution is -2.12. The Morgan fingerprint density at radius 1 is 1.22 bits per heavy atom. The van der Waals surface area contributed by atoms with Crippen LogP contribution >= 0.6 is 23.2 Å². The van der Waals surface area contributed by atoms with Crippen molar-refractivity contribution >= 4 is 34.7 Å². The molecule has 0 saturated carbocycles. The molecule has 0 spiro atoms. The molecule has 0 N–H and O–H groups in total. The summed E-state index contributed by atoms with van der Waals surface area (Å²) in [4.78, 5) is 6.47. The van der Waals surface area contributed by atoms with Crippen molar-refractivity contribution in [1.82, 2.24) is 4.98 Å². The van der Waals surface area contributed by atoms with Crippen LogP contribution in [-0.4, -0.2) is 12.0 Å². The highest BCUT2D eigenvalue weighted by Gasteiger charge is 2.08. The molecule has 0 unspecified atom stereocenters. The second-order valence-electron chi connectivity index (χ2n) is 4.13. The second kappa shape index (κ2) is 5.59. The van der Waals surface area contributed by atoms with Crippen LogP contribution in [0.2, 0.25) is 5.02 Å². The van der Waals surface area contributed by atoms with Gasteiger partial charge in [-0.2, -0.15) is 0 Å². The van der Waals surface area contributed by atoms with E-state index in [2.05, 4.69) is 24.0 Å². The van der Waals surface area contributed by atoms with E-state index in [1.165, 1.54) is 5.56 Å². The number of alkyl halides is 1. The minimum atomic E-state index is 0.314. The fourth-order valence-corrected chi connectivity index (χ4v) is 2.17. The van der Waals surface area contributed by atoms with Crippen LogP contribution in [0.15, 0.2) is 36.4 Å². The summed E-state index contributed by atoms with van der Waals surface area (Å²) in [5, 5.41) is 0.603. The van der Waals surface area contributed by atoms with E-state index in [0.717, 1.165) is 11.5 Å². The summed E-state index contributed by atoms with van der Waals surface area (Å²) < 4.78 is 0. The number of hydrogen-bond acceptors (Lipinski definition) is 2. The summed E-state index contributed by atoms with van der Waals surface area (Å²) in [6, 6.07) is 12.0. The highest BCUT2D eigenvalue weighted by Crippen LogP contribution is 2.25. The molecule has 4 heteroatoms. The number of halogens is 2. The first-order valence-electron chi connectivity index (χ1n) is 5.63. The van der Waals surface area contributed by atoms with Crippen LogP contribution in [0.4, 0.5) is 11.5 Å². The molecular weight excluding hydrogens is 267 g/mol. The Balaban J connectivity index is 2.36. The van der Waals surface area contributed by atoms with Crippen molar-refractivity contribution in [2.45, 2.75) is 12.8 Å². The van der Waals surface area contributed by atoms with Gasteiger partial charge in [0.25, 0.3) is 0 Å². The van der Waals surface area contributed by atoms with E-state index in [0.29, 0.717) is 16.6 Å². The first-order chi connectivity index (χ1) is 8.61. The zero-order chi connectivity index (χ0) is 13.1. The van der Waals surface area contributed by atoms with Crippen LogP contribution in [0, 0.1) is 6.92 Å². The number of hydrogen-bond donors (Lipinski definition) is 0. The molecule has 0 fully saturated rings. The van der Waals surface area contributed by atoms with Crippen LogP contribution < -0.4 is 4.90 Å². The van der Waals surface area contributed by atoms with E-state index in [9.17, 15) is 0 Å². The summed E-state index contributed by atoms with van der Waals surface area (Å²) in [7, 11) is 1.98. The van der Waals surface area contributed by atoms with E-state index in [4.69, 9.17) is 23.2 Å². The number of benzene rings is 1. The van der Waals surface area contributed by atoms with Crippen LogP contribution in [0.25, 0.3) is 0 Å². The lowest BCUT2D eigenvalue weighted by Gasteiger charge is -2.19. The van der Waals surface area contributed by atoms with Crippen LogP contribution in [-0.2, 0) is 5.88 Å². The number of anilines is 2. The highest BCUT2D eigenvalue weighted by atomic mass is 35.5. The maximum atomic E-state index is 6.01. The fraction of sp³-hybridized carbons (Fsp3) is 0.214. The van der Waals surface area contributed by atoms with Gasteiger partial charge in [0.1, 0.15) is 5.82 Å². The minimum Gasteiger partial charge on any atom is -0.329 e. The molecule has 0 aliphatic rings. The van der Waals surface area contributed by atoms with Gasteiger partial charge in [-0.15, -0.1) is 11.6 Å². The molecule has 0 saturated heterocycles. The number of aromatic nitrogens is 1. The highest BCUT2D eigenvalue weighted by molar-refractivity contribution is 6.32. The van der Waals surface area contributed by atoms with Gasteiger partial charge in [-0.25, -0.2) is 4.98 Å². The number of aryl methyl sites for hydroxylation is 1. The van der Waals surface area contributed by atoms with Gasteiger partial charge in [-0.3, -0.25) is 0 Å². The van der Waals surface area contributed by atoms with Gasteiger partial charge in [0.15, 0.2) is 0 Å². The summed E-state index contributed by atoms with van der Waals surface area (Å²) in [5.74, 6) is 1.15. The van der Waals surface area contributed by atoms with Gasteiger partial charge in [-0.1, -0.05) is 23.7 Å². The summed E-state index contributed by atoms with van der Waals surface area (Å²) in [6.07, 6.45) is 0. The molecular formula is C14H14Cl2N2. The molecule has 1 heterocycles. The van der Waals surface area contributed by atoms with Crippen molar-refractivity contribution in [1.29, 1.82) is 0 Å². The fourth-order valence-electron chi connectivity index (χ4n) is 1.72. The van der Waals surface area contributed by atoms with E-state index in [-0.39, 0.29) is 0 Å². The Kier molecular flexibility index (Phi) is 4.10. The number of rotatable bonds is 3. The largest absolute Gasteiger partial charge is 0.329 e. The van der Waals surface area contributed by atoms with Gasteiger partial charge in [-0.05, 0) is 36.8 Å². The van der Waals surface area contributed by atoms with Crippen LogP contribution in [0.5, 0.6) is 0 Å². The Hall–Kier alpha value is -1.25. The third-order valence-corrected chi connectivity index (χ3v) is 3.36. The van der Waals surface area contributed by atoms with Gasteiger partial charge in [0.2, 0.25) is 0 Å². The normalized spacial score (nSPS) is 10.4. The minimum absolute atomic E-state index is 0.314. The maximum absolute atomic E-state index is 6.01. The second-order valence-corrected chi connectivity index (χ2v) is 4.80. The molecule has 2 aromatic rings. The SMILES string of the molecule is Cc1cccc(N(C)c2ccc(Cl)c(CCl)n2)c1. The van der Waals surface area contributed by atoms with Crippen molar-refractivity contribution in [3.05, 3.63) is 52.7 Å². The quantitative estimate of drug-likeness (QED) is 0.767. The third-order valence-electron chi connectivity index (χ3n) is 2.76. The van der Waals surface area contributed by atoms with Gasteiger partial charge in [0.05, 0.1) is 16.6 Å². The lowest BCUT2D eigenvalue weighted by molar-refractivity contribution is 1.08. The van der Waals surface area contributed by atoms with Crippen molar-refractivity contribution in [3.63, 3.8) is 0 Å². The molecule has 0 radical (unpaired) electrons. The molecule has 94 valence electrons. The van der Waals surface area contributed by atoms with Crippen molar-refractivity contribution in [2.75, 3.05) is 11.9 Å². The van der Waals surface area contributed by atoms with Crippen molar-refractivity contribution in [2.24, 2.45) is 0 Å². The molecule has 0 aliphatic carbocycles. The Morgan fingerprint density at radius 3 is 2.67 bits per heavy atom. The monoisotopic (exact) mass is 280 g/mol. The van der Waals surface area contributed by atoms with Crippen molar-refractivity contribution in [3.8, 4) is 0 Å². The summed E-state index contributed by atoms with van der Waals surface area (Å²) in [6.45, 7) is 2.07. The average Bonchev–Trinajstić information content (AvgIpc) is 2.38. The predicted molar refractivity (Wildman–Crippen MR) is 78.0 cm³/mol. The lowest BCUT2D eigenvalue weighted by atomic mass is 10.2. The molecule has 2 rings (SSSR count). The average molecular weight is 281 g/mol. The molecule has 0 amide bonds. The molecule has 1 aromatic carbocycles. The summed E-state index contributed by atoms with van der Waals surface area (Å²) in [5.41, 5.74) is 3.01.